The van der Waals surface area contributed by atoms with Crippen LogP contribution in [-0.4, -0.2) is 44.5 Å². The summed E-state index contributed by atoms with van der Waals surface area (Å²) in [6, 6.07) is 0. The van der Waals surface area contributed by atoms with Crippen LogP contribution in [0.15, 0.2) is 0 Å². The largest absolute Gasteiger partial charge is 0.503 e. The summed E-state index contributed by atoms with van der Waals surface area (Å²) in [5, 5.41) is 35.8. The van der Waals surface area contributed by atoms with Gasteiger partial charge in [0, 0.05) is 6.61 Å². The van der Waals surface area contributed by atoms with Crippen LogP contribution >= 0.6 is 0 Å². The van der Waals surface area contributed by atoms with E-state index in [1.165, 1.54) is 0 Å². The fraction of sp³-hybridized carbons (Fsp3) is 0.778. The summed E-state index contributed by atoms with van der Waals surface area (Å²) in [5.41, 5.74) is 0. The van der Waals surface area contributed by atoms with Crippen LogP contribution in [0.5, 0.6) is 0 Å². The van der Waals surface area contributed by atoms with E-state index in [9.17, 15) is 0 Å². The normalized spacial score (nSPS) is 6.71. The maximum absolute atomic E-state index is 8.56. The van der Waals surface area contributed by atoms with Gasteiger partial charge in [-0.2, -0.15) is 0 Å². The van der Waals surface area contributed by atoms with E-state index in [1.54, 1.807) is 0 Å². The third-order valence-corrected chi connectivity index (χ3v) is 0.224. The van der Waals surface area contributed by atoms with Gasteiger partial charge in [0.2, 0.25) is 0 Å². The molecule has 0 saturated carbocycles. The van der Waals surface area contributed by atoms with Crippen molar-refractivity contribution < 1.29 is 35.1 Å². The van der Waals surface area contributed by atoms with Crippen LogP contribution in [0, 0.1) is 5.92 Å². The third-order valence-electron chi connectivity index (χ3n) is 0.224. The second-order valence-corrected chi connectivity index (χ2v) is 3.02. The van der Waals surface area contributed by atoms with Crippen molar-refractivity contribution in [3.8, 4) is 0 Å². The van der Waals surface area contributed by atoms with Gasteiger partial charge >= 0.3 is 12.3 Å². The second kappa shape index (κ2) is 29.3. The minimum absolute atomic E-state index is 0. The lowest BCUT2D eigenvalue weighted by molar-refractivity contribution is 0.135. The summed E-state index contributed by atoms with van der Waals surface area (Å²) in [7, 11) is 0. The van der Waals surface area contributed by atoms with Gasteiger partial charge in [-0.15, -0.1) is 0 Å². The van der Waals surface area contributed by atoms with Gasteiger partial charge in [0.15, 0.2) is 0 Å². The Balaban J connectivity index is -0.0000000369. The highest BCUT2D eigenvalue weighted by Crippen LogP contribution is 1.81. The van der Waals surface area contributed by atoms with E-state index in [2.05, 4.69) is 20.8 Å². The van der Waals surface area contributed by atoms with Gasteiger partial charge in [0.05, 0.1) is 0 Å². The lowest BCUT2D eigenvalue weighted by atomic mass is 10.3. The molecule has 8 N–H and O–H groups in total. The zero-order valence-corrected chi connectivity index (χ0v) is 10.8. The Morgan fingerprint density at radius 2 is 1.00 bits per heavy atom. The molecular formula is C9H25NO7. The minimum Gasteiger partial charge on any atom is -0.450 e. The van der Waals surface area contributed by atoms with Crippen LogP contribution in [-0.2, 0) is 0 Å². The van der Waals surface area contributed by atoms with Crippen LogP contribution in [0.3, 0.4) is 0 Å². The fourth-order valence-corrected chi connectivity index (χ4v) is 0. The number of hydrogen-bond acceptors (Lipinski definition) is 4. The van der Waals surface area contributed by atoms with E-state index in [-0.39, 0.29) is 6.15 Å². The lowest BCUT2D eigenvalue weighted by Gasteiger charge is -1.79. The molecule has 0 aromatic carbocycles. The number of carbonyl (C=O) groups is 2. The summed E-state index contributed by atoms with van der Waals surface area (Å²) in [4.78, 5) is 17.1. The molecule has 0 rings (SSSR count). The first-order valence-corrected chi connectivity index (χ1v) is 4.56. The number of aliphatic hydroxyl groups excluding tert-OH is 1. The molecule has 0 fully saturated rings. The van der Waals surface area contributed by atoms with Crippen LogP contribution in [0.2, 0.25) is 0 Å². The molecule has 108 valence electrons. The molecule has 0 atom stereocenters. The standard InChI is InChI=1S/C4H10.C3H8O.2CH2O3.H3N/c1-4(2)3;1-2-3-4;2*2-1(3)4;/h4H,1-3H3;4H,2-3H2,1H3;2*(H2,2,3,4);1H3. The first-order valence-electron chi connectivity index (χ1n) is 4.56. The Morgan fingerprint density at radius 1 is 0.941 bits per heavy atom. The first-order chi connectivity index (χ1) is 7.11. The van der Waals surface area contributed by atoms with Crippen molar-refractivity contribution in [1.82, 2.24) is 6.15 Å². The molecular weight excluding hydrogens is 234 g/mol. The molecule has 0 saturated heterocycles. The van der Waals surface area contributed by atoms with Crippen molar-refractivity contribution in [3.63, 3.8) is 0 Å². The molecule has 8 heteroatoms. The van der Waals surface area contributed by atoms with Crippen molar-refractivity contribution in [2.45, 2.75) is 34.1 Å². The van der Waals surface area contributed by atoms with Crippen molar-refractivity contribution in [3.05, 3.63) is 0 Å². The fourth-order valence-electron chi connectivity index (χ4n) is 0. The van der Waals surface area contributed by atoms with Crippen molar-refractivity contribution >= 4 is 12.3 Å². The van der Waals surface area contributed by atoms with Crippen molar-refractivity contribution in [1.29, 1.82) is 0 Å². The molecule has 0 aromatic rings. The number of carboxylic acid groups (broad SMARTS) is 4. The SMILES string of the molecule is CC(C)C.CCCO.N.O=C(O)O.O=C(O)O. The van der Waals surface area contributed by atoms with E-state index < -0.39 is 12.3 Å². The molecule has 0 spiro atoms. The lowest BCUT2D eigenvalue weighted by Crippen LogP contribution is -1.81. The Labute approximate surface area is 101 Å². The van der Waals surface area contributed by atoms with Gasteiger partial charge in [0.25, 0.3) is 0 Å². The molecule has 0 aliphatic heterocycles. The van der Waals surface area contributed by atoms with Gasteiger partial charge in [-0.1, -0.05) is 27.7 Å². The highest BCUT2D eigenvalue weighted by molar-refractivity contribution is 5.53. The molecule has 0 aliphatic carbocycles. The summed E-state index contributed by atoms with van der Waals surface area (Å²) >= 11 is 0. The molecule has 0 bridgehead atoms. The van der Waals surface area contributed by atoms with Gasteiger partial charge in [0.1, 0.15) is 0 Å². The molecule has 0 aliphatic rings. The van der Waals surface area contributed by atoms with Gasteiger partial charge in [-0.05, 0) is 12.3 Å². The van der Waals surface area contributed by atoms with Gasteiger partial charge < -0.3 is 31.7 Å². The molecule has 17 heavy (non-hydrogen) atoms. The highest BCUT2D eigenvalue weighted by Gasteiger charge is 1.70. The van der Waals surface area contributed by atoms with Gasteiger partial charge in [-0.3, -0.25) is 0 Å². The van der Waals surface area contributed by atoms with E-state index in [1.807, 2.05) is 6.92 Å². The van der Waals surface area contributed by atoms with Gasteiger partial charge in [-0.25, -0.2) is 9.59 Å². The molecule has 8 nitrogen and oxygen atoms in total. The van der Waals surface area contributed by atoms with Crippen molar-refractivity contribution in [2.75, 3.05) is 6.61 Å². The predicted octanol–water partition coefficient (Wildman–Crippen LogP) is 2.66. The monoisotopic (exact) mass is 259 g/mol. The van der Waals surface area contributed by atoms with E-state index in [0.717, 1.165) is 12.3 Å². The first kappa shape index (κ1) is 29.5. The zero-order valence-electron chi connectivity index (χ0n) is 10.8. The summed E-state index contributed by atoms with van der Waals surface area (Å²) in [6.07, 6.45) is -2.79. The Morgan fingerprint density at radius 3 is 1.00 bits per heavy atom. The molecule has 0 radical (unpaired) electrons. The van der Waals surface area contributed by atoms with Crippen LogP contribution < -0.4 is 6.15 Å². The number of hydrogen-bond donors (Lipinski definition) is 6. The zero-order chi connectivity index (χ0) is 14.1. The van der Waals surface area contributed by atoms with E-state index >= 15 is 0 Å². The summed E-state index contributed by atoms with van der Waals surface area (Å²) in [5.74, 6) is 0.833. The Kier molecular flexibility index (Phi) is 50.9. The number of rotatable bonds is 1. The Hall–Kier alpha value is -1.54. The Bertz CT molecular complexity index is 126. The third kappa shape index (κ3) is 7700. The van der Waals surface area contributed by atoms with E-state index in [0.29, 0.717) is 6.61 Å². The molecule has 0 aromatic heterocycles. The smallest absolute Gasteiger partial charge is 0.450 e. The van der Waals surface area contributed by atoms with E-state index in [4.69, 9.17) is 35.1 Å². The summed E-state index contributed by atoms with van der Waals surface area (Å²) < 4.78 is 0. The van der Waals surface area contributed by atoms with Crippen LogP contribution in [0.25, 0.3) is 0 Å². The average Bonchev–Trinajstić information content (AvgIpc) is 2.00. The summed E-state index contributed by atoms with van der Waals surface area (Å²) in [6.45, 7) is 8.75. The van der Waals surface area contributed by atoms with Crippen molar-refractivity contribution in [2.24, 2.45) is 5.92 Å². The predicted molar refractivity (Wildman–Crippen MR) is 64.2 cm³/mol. The second-order valence-electron chi connectivity index (χ2n) is 3.02. The van der Waals surface area contributed by atoms with Crippen LogP contribution in [0.1, 0.15) is 34.1 Å². The van der Waals surface area contributed by atoms with Crippen LogP contribution in [0.4, 0.5) is 9.59 Å². The molecule has 0 unspecified atom stereocenters. The maximum Gasteiger partial charge on any atom is 0.503 e. The maximum atomic E-state index is 8.56. The molecule has 0 amide bonds. The quantitative estimate of drug-likeness (QED) is 0.417. The molecule has 0 heterocycles. The highest BCUT2D eigenvalue weighted by atomic mass is 16.6. The average molecular weight is 259 g/mol. The topological polar surface area (TPSA) is 170 Å². The minimum atomic E-state index is -1.83. The number of aliphatic hydroxyl groups is 1.